The first kappa shape index (κ1) is 79.7. The molecule has 1 saturated carbocycles. The van der Waals surface area contributed by atoms with Crippen molar-refractivity contribution in [2.24, 2.45) is 11.0 Å². The average molecular weight is 1570 g/mol. The van der Waals surface area contributed by atoms with Gasteiger partial charge in [-0.15, -0.1) is 0 Å². The van der Waals surface area contributed by atoms with Crippen molar-refractivity contribution in [2.45, 2.75) is 86.6 Å². The van der Waals surface area contributed by atoms with E-state index in [2.05, 4.69) is 47.9 Å². The van der Waals surface area contributed by atoms with Gasteiger partial charge in [-0.2, -0.15) is 5.10 Å². The largest absolute Gasteiger partial charge is 0.508 e. The van der Waals surface area contributed by atoms with Gasteiger partial charge in [-0.3, -0.25) is 25.7 Å². The van der Waals surface area contributed by atoms with E-state index < -0.39 is 25.4 Å². The zero-order chi connectivity index (χ0) is 76.2. The second kappa shape index (κ2) is 37.5. The predicted octanol–water partition coefficient (Wildman–Crippen LogP) is 19.6. The molecule has 1 aliphatic rings. The first-order chi connectivity index (χ1) is 50.7. The molecule has 29 heteroatoms. The maximum Gasteiger partial charge on any atom is 0.311 e. The number of phenols is 7. The molecule has 13 rings (SSSR count). The number of anilines is 1. The zero-order valence-electron chi connectivity index (χ0n) is 56.6. The minimum absolute atomic E-state index is 0.0345. The van der Waals surface area contributed by atoms with Crippen LogP contribution in [0.5, 0.6) is 40.2 Å². The van der Waals surface area contributed by atoms with Crippen LogP contribution in [-0.2, 0) is 35.8 Å². The molecule has 1 fully saturated rings. The molecule has 2 aromatic heterocycles. The van der Waals surface area contributed by atoms with Crippen LogP contribution in [0.4, 0.5) is 17.2 Å². The lowest BCUT2D eigenvalue weighted by molar-refractivity contribution is -0.385. The van der Waals surface area contributed by atoms with Gasteiger partial charge >= 0.3 is 11.4 Å². The Morgan fingerprint density at radius 2 is 1.11 bits per heavy atom. The number of phenolic OH excluding ortho intramolecular Hbond substituents is 7. The minimum Gasteiger partial charge on any atom is -0.508 e. The molecule has 548 valence electrons. The van der Waals surface area contributed by atoms with Crippen LogP contribution in [0.2, 0.25) is 25.1 Å². The number of hydrogen-bond donors (Lipinski definition) is 9. The summed E-state index contributed by atoms with van der Waals surface area (Å²) in [7, 11) is -3.58. The van der Waals surface area contributed by atoms with Gasteiger partial charge in [-0.1, -0.05) is 167 Å². The Hall–Kier alpha value is -10.4. The van der Waals surface area contributed by atoms with Crippen molar-refractivity contribution in [3.05, 3.63) is 290 Å². The number of benzene rings is 10. The van der Waals surface area contributed by atoms with Crippen LogP contribution in [0.25, 0.3) is 21.8 Å². The van der Waals surface area contributed by atoms with E-state index in [0.29, 0.717) is 75.3 Å². The molecule has 22 nitrogen and oxygen atoms in total. The van der Waals surface area contributed by atoms with Crippen LogP contribution in [-0.4, -0.2) is 81.3 Å². The Labute approximate surface area is 638 Å². The molecule has 106 heavy (non-hydrogen) atoms. The van der Waals surface area contributed by atoms with E-state index in [-0.39, 0.29) is 86.1 Å². The van der Waals surface area contributed by atoms with Crippen molar-refractivity contribution in [1.82, 2.24) is 20.6 Å². The molecule has 10 aromatic carbocycles. The number of nitrogens with one attached hydrogen (secondary N) is 2. The highest BCUT2D eigenvalue weighted by molar-refractivity contribution is 7.99. The van der Waals surface area contributed by atoms with Gasteiger partial charge in [-0.25, -0.2) is 18.0 Å². The number of aromatic hydroxyl groups is 7. The van der Waals surface area contributed by atoms with Gasteiger partial charge in [0.15, 0.2) is 21.2 Å². The summed E-state index contributed by atoms with van der Waals surface area (Å²) in [5, 5.41) is 110. The number of pyridine rings is 1. The van der Waals surface area contributed by atoms with Crippen LogP contribution in [0.1, 0.15) is 82.2 Å². The molecule has 9 N–H and O–H groups in total. The molecule has 12 aromatic rings. The van der Waals surface area contributed by atoms with Crippen molar-refractivity contribution in [3.63, 3.8) is 0 Å². The summed E-state index contributed by atoms with van der Waals surface area (Å²) in [4.78, 5) is 25.7. The summed E-state index contributed by atoms with van der Waals surface area (Å²) in [5.41, 5.74) is 8.74. The highest BCUT2D eigenvalue weighted by atomic mass is 35.5. The molecule has 0 amide bonds. The molecule has 0 saturated heterocycles. The Kier molecular flexibility index (Phi) is 28.2. The van der Waals surface area contributed by atoms with Crippen LogP contribution in [0.3, 0.4) is 0 Å². The molecule has 0 aliphatic heterocycles. The number of rotatable bonds is 18. The Morgan fingerprint density at radius 1 is 0.557 bits per heavy atom. The molecular weight excluding hydrogens is 1500 g/mol. The number of hydrogen-bond acceptors (Lipinski definition) is 21. The minimum atomic E-state index is -3.58. The summed E-state index contributed by atoms with van der Waals surface area (Å²) < 4.78 is 29.7. The molecule has 0 radical (unpaired) electrons. The highest BCUT2D eigenvalue weighted by Gasteiger charge is 2.30. The van der Waals surface area contributed by atoms with Crippen LogP contribution in [0, 0.1) is 40.0 Å². The van der Waals surface area contributed by atoms with Crippen molar-refractivity contribution >= 4 is 125 Å². The number of nitro groups is 2. The molecule has 1 aliphatic carbocycles. The van der Waals surface area contributed by atoms with Gasteiger partial charge in [0, 0.05) is 97.0 Å². The lowest BCUT2D eigenvalue weighted by Gasteiger charge is -2.21. The second-order valence-electron chi connectivity index (χ2n) is 24.3. The van der Waals surface area contributed by atoms with Crippen LogP contribution < -0.4 is 10.7 Å². The smallest absolute Gasteiger partial charge is 0.311 e. The van der Waals surface area contributed by atoms with Gasteiger partial charge in [-0.05, 0) is 174 Å². The molecule has 0 spiro atoms. The first-order valence-corrected chi connectivity index (χ1v) is 36.9. The maximum atomic E-state index is 12.6. The summed E-state index contributed by atoms with van der Waals surface area (Å²) in [6.45, 7) is 5.48. The number of aryl methyl sites for hydroxylation is 2. The monoisotopic (exact) mass is 1570 g/mol. The summed E-state index contributed by atoms with van der Waals surface area (Å²) in [6, 6.07) is 52.7. The fourth-order valence-corrected chi connectivity index (χ4v) is 15.2. The van der Waals surface area contributed by atoms with Gasteiger partial charge in [0.1, 0.15) is 34.5 Å². The van der Waals surface area contributed by atoms with E-state index in [0.717, 1.165) is 66.6 Å². The fourth-order valence-electron chi connectivity index (χ4n) is 11.3. The molecule has 0 bridgehead atoms. The van der Waals surface area contributed by atoms with Crippen LogP contribution >= 0.6 is 69.8 Å². The van der Waals surface area contributed by atoms with Gasteiger partial charge in [0.25, 0.3) is 0 Å². The number of halogens is 5. The van der Waals surface area contributed by atoms with Gasteiger partial charge < -0.3 is 41.1 Å². The van der Waals surface area contributed by atoms with Gasteiger partial charge in [0.05, 0.1) is 36.5 Å². The number of fused-ring (bicyclic) bond motifs is 2. The molecule has 0 unspecified atom stereocenters. The standard InChI is InChI=1S/C20H15Cl3O3.C16H12N4O3.C16H19NO.C13H15N3O5S.C12H8Cl2O2S/c21-15-1-3-18(24)11(7-15)5-13-9-17(23)10-14(20(13)26)6-12-8-16(22)2-4-19(12)25;21-15-12(5-3-7-14(15)20(22)23)10-18-19-16-13-6-2-1-4-11(13)8-9-17-16;1-12-8-13(2)16(18)15(9-12)11-17-10-14-6-4-3-5-7-14;17-16(18)10-6-7-11(13-12(10)14-21-15-13)22(19,20)8-9-4-2-1-3-5-9;13-7-1-3-9(15)11(5-7)17-12-6-8(14)2-4-10(12)16/h1-4,7-10,24-26H,5-6H2;1-10,21H,(H,17,19);3-9,17-18H,10-11H2,1-2H3;6-7,9H,1-5,8H2;1-6,15-16H/b;18-10+;;;. The Morgan fingerprint density at radius 3 is 1.72 bits per heavy atom. The molecule has 0 atom stereocenters. The quantitative estimate of drug-likeness (QED) is 0.0219. The third-order valence-electron chi connectivity index (χ3n) is 16.5. The Bertz CT molecular complexity index is 5140. The first-order valence-electron chi connectivity index (χ1n) is 32.6. The van der Waals surface area contributed by atoms with E-state index in [1.54, 1.807) is 66.9 Å². The van der Waals surface area contributed by atoms with Gasteiger partial charge in [0.2, 0.25) is 11.3 Å². The number of hydrazone groups is 1. The number of nitro benzene ring substituents is 2. The second-order valence-corrected chi connectivity index (χ2v) is 29.6. The number of non-ortho nitro benzene ring substituents is 1. The van der Waals surface area contributed by atoms with E-state index in [4.69, 9.17) is 58.0 Å². The van der Waals surface area contributed by atoms with E-state index in [9.17, 15) is 64.4 Å². The van der Waals surface area contributed by atoms with E-state index in [1.807, 2.05) is 74.5 Å². The summed E-state index contributed by atoms with van der Waals surface area (Å²) >= 11 is 31.1. The summed E-state index contributed by atoms with van der Waals surface area (Å²) in [5.74, 6) is 1.15. The predicted molar refractivity (Wildman–Crippen MR) is 415 cm³/mol. The summed E-state index contributed by atoms with van der Waals surface area (Å²) in [6.07, 6.45) is 8.50. The number of nitrogens with zero attached hydrogens (tertiary/aromatic N) is 6. The van der Waals surface area contributed by atoms with E-state index >= 15 is 0 Å². The van der Waals surface area contributed by atoms with E-state index in [1.165, 1.54) is 77.6 Å². The lowest BCUT2D eigenvalue weighted by Crippen LogP contribution is -2.19. The van der Waals surface area contributed by atoms with Crippen molar-refractivity contribution in [2.75, 3.05) is 11.2 Å². The average Bonchev–Trinajstić information content (AvgIpc) is 1.57. The Balaban J connectivity index is 0.000000154. The van der Waals surface area contributed by atoms with Crippen molar-refractivity contribution in [3.8, 4) is 40.2 Å². The highest BCUT2D eigenvalue weighted by Crippen LogP contribution is 2.42. The number of aromatic nitrogens is 3. The third-order valence-corrected chi connectivity index (χ3v) is 20.7. The maximum absolute atomic E-state index is 12.6. The molecular formula is C77H69Cl5N8O14S2. The number of sulfone groups is 1. The molecule has 2 heterocycles. The zero-order valence-corrected chi connectivity index (χ0v) is 62.0. The fraction of sp³-hybridized carbons (Fsp3) is 0.169. The van der Waals surface area contributed by atoms with Crippen molar-refractivity contribution < 1.29 is 58.6 Å². The third kappa shape index (κ3) is 22.1. The lowest BCUT2D eigenvalue weighted by atomic mass is 9.91. The van der Waals surface area contributed by atoms with Crippen molar-refractivity contribution in [1.29, 1.82) is 0 Å². The van der Waals surface area contributed by atoms with Crippen LogP contribution in [0.15, 0.2) is 219 Å². The SMILES string of the molecule is Cc1cc(C)c(O)c(CNCc2ccccc2)c1.O=[N+]([O-])c1ccc(S(=O)(=O)CC2CCCCC2)c2nonc12.O=[N+]([O-])c1cccc(/C=N/Nc2nccc3ccccc23)c1O.Oc1ccc(Cl)cc1Cc1cc(Cl)cc(Cc2cc(Cl)ccc2O)c1O.Oc1ccc(Cl)cc1Sc1cc(Cl)ccc1O. The normalized spacial score (nSPS) is 12.0. The number of para-hydroxylation sites is 1. The topological polar surface area (TPSA) is 350 Å².